The van der Waals surface area contributed by atoms with Crippen LogP contribution in [0.3, 0.4) is 0 Å². The van der Waals surface area contributed by atoms with Crippen LogP contribution in [0, 0.1) is 5.82 Å². The van der Waals surface area contributed by atoms with Gasteiger partial charge in [0.05, 0.1) is 0 Å². The molecule has 1 aromatic heterocycles. The molecule has 1 heterocycles. The molecule has 0 spiro atoms. The summed E-state index contributed by atoms with van der Waals surface area (Å²) in [5.74, 6) is 0.561. The van der Waals surface area contributed by atoms with E-state index in [9.17, 15) is 4.39 Å². The lowest BCUT2D eigenvalue weighted by Crippen LogP contribution is -2.01. The second-order valence-corrected chi connectivity index (χ2v) is 3.07. The molecule has 0 saturated heterocycles. The van der Waals surface area contributed by atoms with E-state index in [-0.39, 0.29) is 5.82 Å². The Labute approximate surface area is 81.2 Å². The third kappa shape index (κ3) is 1.64. The Morgan fingerprint density at radius 2 is 2.14 bits per heavy atom. The van der Waals surface area contributed by atoms with E-state index >= 15 is 0 Å². The minimum Gasteiger partial charge on any atom is -0.253 e. The zero-order chi connectivity index (χ0) is 9.97. The first-order valence-electron chi connectivity index (χ1n) is 4.33. The van der Waals surface area contributed by atoms with Crippen LogP contribution >= 0.6 is 0 Å². The smallest absolute Gasteiger partial charge is 0.138 e. The molecule has 2 aromatic rings. The number of aromatic nitrogens is 3. The van der Waals surface area contributed by atoms with Crippen LogP contribution in [0.1, 0.15) is 11.4 Å². The molecule has 72 valence electrons. The van der Waals surface area contributed by atoms with Gasteiger partial charge in [0.25, 0.3) is 0 Å². The molecule has 0 aliphatic heterocycles. The molecule has 0 atom stereocenters. The molecule has 3 nitrogen and oxygen atoms in total. The highest BCUT2D eigenvalue weighted by atomic mass is 19.1. The van der Waals surface area contributed by atoms with Crippen LogP contribution in [0.5, 0.6) is 0 Å². The third-order valence-corrected chi connectivity index (χ3v) is 2.11. The average Bonchev–Trinajstić information content (AvgIpc) is 2.56. The van der Waals surface area contributed by atoms with Crippen LogP contribution in [0.2, 0.25) is 0 Å². The van der Waals surface area contributed by atoms with Gasteiger partial charge in [-0.25, -0.2) is 9.37 Å². The van der Waals surface area contributed by atoms with Gasteiger partial charge in [-0.15, -0.1) is 0 Å². The summed E-state index contributed by atoms with van der Waals surface area (Å²) in [4.78, 5) is 4.04. The first kappa shape index (κ1) is 8.87. The number of hydrogen-bond acceptors (Lipinski definition) is 2. The monoisotopic (exact) mass is 191 g/mol. The minimum atomic E-state index is -0.199. The van der Waals surface area contributed by atoms with E-state index in [0.29, 0.717) is 12.0 Å². The fraction of sp³-hybridized carbons (Fsp3) is 0.200. The van der Waals surface area contributed by atoms with Gasteiger partial charge >= 0.3 is 0 Å². The minimum absolute atomic E-state index is 0.199. The Kier molecular flexibility index (Phi) is 2.26. The fourth-order valence-electron chi connectivity index (χ4n) is 1.29. The van der Waals surface area contributed by atoms with Crippen LogP contribution in [0.4, 0.5) is 4.39 Å². The SMILES string of the molecule is Cn1ncnc1Cc1ccccc1F. The van der Waals surface area contributed by atoms with E-state index in [4.69, 9.17) is 0 Å². The summed E-state index contributed by atoms with van der Waals surface area (Å²) in [6, 6.07) is 6.69. The van der Waals surface area contributed by atoms with Gasteiger partial charge in [0.2, 0.25) is 0 Å². The van der Waals surface area contributed by atoms with Gasteiger partial charge < -0.3 is 0 Å². The molecule has 0 aliphatic rings. The van der Waals surface area contributed by atoms with Crippen LogP contribution in [-0.4, -0.2) is 14.8 Å². The van der Waals surface area contributed by atoms with Crippen LogP contribution in [-0.2, 0) is 13.5 Å². The Morgan fingerprint density at radius 1 is 1.36 bits per heavy atom. The maximum atomic E-state index is 13.3. The zero-order valence-electron chi connectivity index (χ0n) is 7.81. The van der Waals surface area contributed by atoms with Crippen LogP contribution < -0.4 is 0 Å². The Bertz CT molecular complexity index is 436. The molecule has 0 fully saturated rings. The summed E-state index contributed by atoms with van der Waals surface area (Å²) in [5.41, 5.74) is 0.642. The lowest BCUT2D eigenvalue weighted by atomic mass is 10.1. The van der Waals surface area contributed by atoms with Crippen molar-refractivity contribution in [1.82, 2.24) is 14.8 Å². The lowest BCUT2D eigenvalue weighted by molar-refractivity contribution is 0.608. The number of rotatable bonds is 2. The molecule has 0 N–H and O–H groups in total. The van der Waals surface area contributed by atoms with E-state index in [1.165, 1.54) is 12.4 Å². The predicted octanol–water partition coefficient (Wildman–Crippen LogP) is 1.55. The molecule has 0 unspecified atom stereocenters. The predicted molar refractivity (Wildman–Crippen MR) is 50.2 cm³/mol. The highest BCUT2D eigenvalue weighted by Crippen LogP contribution is 2.10. The van der Waals surface area contributed by atoms with Crippen molar-refractivity contribution in [3.05, 3.63) is 47.8 Å². The summed E-state index contributed by atoms with van der Waals surface area (Å²) in [6.45, 7) is 0. The van der Waals surface area contributed by atoms with E-state index in [1.807, 2.05) is 6.07 Å². The fourth-order valence-corrected chi connectivity index (χ4v) is 1.29. The maximum Gasteiger partial charge on any atom is 0.138 e. The van der Waals surface area contributed by atoms with Crippen molar-refractivity contribution >= 4 is 0 Å². The summed E-state index contributed by atoms with van der Waals surface area (Å²) in [7, 11) is 1.79. The van der Waals surface area contributed by atoms with Gasteiger partial charge in [-0.3, -0.25) is 4.68 Å². The van der Waals surface area contributed by atoms with E-state index < -0.39 is 0 Å². The molecular weight excluding hydrogens is 181 g/mol. The van der Waals surface area contributed by atoms with E-state index in [0.717, 1.165) is 5.82 Å². The maximum absolute atomic E-state index is 13.3. The van der Waals surface area contributed by atoms with Crippen molar-refractivity contribution < 1.29 is 4.39 Å². The number of nitrogens with zero attached hydrogens (tertiary/aromatic N) is 3. The number of hydrogen-bond donors (Lipinski definition) is 0. The molecule has 14 heavy (non-hydrogen) atoms. The largest absolute Gasteiger partial charge is 0.253 e. The van der Waals surface area contributed by atoms with Gasteiger partial charge in [-0.2, -0.15) is 5.10 Å². The molecule has 0 saturated carbocycles. The van der Waals surface area contributed by atoms with Gasteiger partial charge in [0.1, 0.15) is 18.0 Å². The average molecular weight is 191 g/mol. The summed E-state index contributed by atoms with van der Waals surface area (Å²) >= 11 is 0. The lowest BCUT2D eigenvalue weighted by Gasteiger charge is -2.01. The number of halogens is 1. The van der Waals surface area contributed by atoms with Crippen molar-refractivity contribution in [2.24, 2.45) is 7.05 Å². The molecule has 0 radical (unpaired) electrons. The first-order valence-corrected chi connectivity index (χ1v) is 4.33. The molecule has 0 bridgehead atoms. The van der Waals surface area contributed by atoms with Gasteiger partial charge in [-0.05, 0) is 11.6 Å². The van der Waals surface area contributed by atoms with Crippen molar-refractivity contribution in [3.8, 4) is 0 Å². The normalized spacial score (nSPS) is 10.4. The van der Waals surface area contributed by atoms with Crippen molar-refractivity contribution in [1.29, 1.82) is 0 Å². The molecule has 1 aromatic carbocycles. The first-order chi connectivity index (χ1) is 6.77. The molecule has 0 aliphatic carbocycles. The molecule has 0 amide bonds. The van der Waals surface area contributed by atoms with Gasteiger partial charge in [0.15, 0.2) is 0 Å². The second-order valence-electron chi connectivity index (χ2n) is 3.07. The second kappa shape index (κ2) is 3.57. The molecule has 4 heteroatoms. The Balaban J connectivity index is 2.28. The van der Waals surface area contributed by atoms with Crippen molar-refractivity contribution in [2.45, 2.75) is 6.42 Å². The van der Waals surface area contributed by atoms with E-state index in [2.05, 4.69) is 10.1 Å². The third-order valence-electron chi connectivity index (χ3n) is 2.11. The number of benzene rings is 1. The standard InChI is InChI=1S/C10H10FN3/c1-14-10(12-7-13-14)6-8-4-2-3-5-9(8)11/h2-5,7H,6H2,1H3. The van der Waals surface area contributed by atoms with Crippen molar-refractivity contribution in [3.63, 3.8) is 0 Å². The van der Waals surface area contributed by atoms with E-state index in [1.54, 1.807) is 23.9 Å². The Hall–Kier alpha value is -1.71. The quantitative estimate of drug-likeness (QED) is 0.721. The molecule has 2 rings (SSSR count). The van der Waals surface area contributed by atoms with Gasteiger partial charge in [0, 0.05) is 13.5 Å². The summed E-state index contributed by atoms with van der Waals surface area (Å²) < 4.78 is 14.9. The summed E-state index contributed by atoms with van der Waals surface area (Å²) in [6.07, 6.45) is 1.94. The van der Waals surface area contributed by atoms with Crippen LogP contribution in [0.15, 0.2) is 30.6 Å². The number of aryl methyl sites for hydroxylation is 1. The van der Waals surface area contributed by atoms with Crippen molar-refractivity contribution in [2.75, 3.05) is 0 Å². The topological polar surface area (TPSA) is 30.7 Å². The zero-order valence-corrected chi connectivity index (χ0v) is 7.81. The summed E-state index contributed by atoms with van der Waals surface area (Å²) in [5, 5.41) is 3.93. The van der Waals surface area contributed by atoms with Gasteiger partial charge in [-0.1, -0.05) is 18.2 Å². The van der Waals surface area contributed by atoms with Crippen LogP contribution in [0.25, 0.3) is 0 Å². The molecular formula is C10H10FN3. The Morgan fingerprint density at radius 3 is 2.79 bits per heavy atom. The highest BCUT2D eigenvalue weighted by Gasteiger charge is 2.05. The highest BCUT2D eigenvalue weighted by molar-refractivity contribution is 5.20.